The highest BCUT2D eigenvalue weighted by atomic mass is 79.9. The lowest BCUT2D eigenvalue weighted by molar-refractivity contribution is -0.0507. The summed E-state index contributed by atoms with van der Waals surface area (Å²) in [5.41, 5.74) is 8.10. The van der Waals surface area contributed by atoms with Gasteiger partial charge in [-0.25, -0.2) is 4.98 Å². The average Bonchev–Trinajstić information content (AvgIpc) is 2.76. The Labute approximate surface area is 135 Å². The van der Waals surface area contributed by atoms with Gasteiger partial charge in [0.25, 0.3) is 0 Å². The molecule has 108 valence electrons. The summed E-state index contributed by atoms with van der Waals surface area (Å²) in [6, 6.07) is 6.27. The third-order valence-electron chi connectivity index (χ3n) is 4.04. The van der Waals surface area contributed by atoms with E-state index in [9.17, 15) is 0 Å². The number of nitrogen functional groups attached to an aromatic ring is 1. The first-order chi connectivity index (χ1) is 10.1. The number of benzene rings is 1. The molecule has 4 rings (SSSR count). The van der Waals surface area contributed by atoms with Crippen LogP contribution >= 0.6 is 27.5 Å². The smallest absolute Gasteiger partial charge is 0.222 e. The van der Waals surface area contributed by atoms with E-state index in [0.29, 0.717) is 10.8 Å². The Morgan fingerprint density at radius 3 is 2.90 bits per heavy atom. The second-order valence-electron chi connectivity index (χ2n) is 5.42. The van der Waals surface area contributed by atoms with Crippen molar-refractivity contribution in [3.05, 3.63) is 39.5 Å². The summed E-state index contributed by atoms with van der Waals surface area (Å²) in [7, 11) is 0. The molecule has 1 saturated heterocycles. The average molecular weight is 368 g/mol. The van der Waals surface area contributed by atoms with E-state index in [4.69, 9.17) is 22.1 Å². The molecule has 2 aromatic rings. The number of halogens is 2. The first-order valence-corrected chi connectivity index (χ1v) is 7.69. The van der Waals surface area contributed by atoms with Crippen LogP contribution in [0.4, 0.5) is 17.5 Å². The third kappa shape index (κ3) is 1.93. The van der Waals surface area contributed by atoms with Crippen molar-refractivity contribution in [3.63, 3.8) is 0 Å². The van der Waals surface area contributed by atoms with Crippen LogP contribution < -0.4 is 10.6 Å². The van der Waals surface area contributed by atoms with Crippen molar-refractivity contribution in [2.75, 3.05) is 30.4 Å². The number of hydrogen-bond acceptors (Lipinski definition) is 5. The Hall–Kier alpha value is -1.37. The van der Waals surface area contributed by atoms with Gasteiger partial charge in [0.05, 0.1) is 24.8 Å². The Kier molecular flexibility index (Phi) is 2.89. The maximum Gasteiger partial charge on any atom is 0.222 e. The van der Waals surface area contributed by atoms with E-state index in [2.05, 4.69) is 49.0 Å². The Balaban J connectivity index is 1.88. The minimum atomic E-state index is 0.0269. The van der Waals surface area contributed by atoms with Crippen molar-refractivity contribution < 1.29 is 4.74 Å². The maximum absolute atomic E-state index is 6.27. The topological polar surface area (TPSA) is 64.3 Å². The van der Waals surface area contributed by atoms with Gasteiger partial charge < -0.3 is 15.4 Å². The van der Waals surface area contributed by atoms with Gasteiger partial charge in [-0.3, -0.25) is 0 Å². The zero-order chi connectivity index (χ0) is 14.6. The van der Waals surface area contributed by atoms with Gasteiger partial charge in [-0.1, -0.05) is 33.6 Å². The Bertz CT molecular complexity index is 735. The van der Waals surface area contributed by atoms with Crippen LogP contribution in [0.1, 0.15) is 5.56 Å². The van der Waals surface area contributed by atoms with Gasteiger partial charge in [0.1, 0.15) is 5.02 Å². The molecule has 0 saturated carbocycles. The maximum atomic E-state index is 6.27. The molecule has 0 bridgehead atoms. The number of fused-ring (bicyclic) bond motifs is 2. The summed E-state index contributed by atoms with van der Waals surface area (Å²) >= 11 is 9.80. The first kappa shape index (κ1) is 13.3. The molecule has 0 atom stereocenters. The molecule has 0 amide bonds. The molecule has 1 aromatic heterocycles. The highest BCUT2D eigenvalue weighted by Crippen LogP contribution is 2.49. The second-order valence-corrected chi connectivity index (χ2v) is 6.74. The molecule has 2 aliphatic rings. The van der Waals surface area contributed by atoms with Gasteiger partial charge in [-0.05, 0) is 17.7 Å². The van der Waals surface area contributed by atoms with Crippen LogP contribution in [-0.2, 0) is 10.2 Å². The van der Waals surface area contributed by atoms with Crippen molar-refractivity contribution in [2.45, 2.75) is 5.41 Å². The van der Waals surface area contributed by atoms with Crippen LogP contribution in [0.25, 0.3) is 0 Å². The number of hydrogen-bond donors (Lipinski definition) is 1. The molecular weight excluding hydrogens is 356 g/mol. The van der Waals surface area contributed by atoms with Crippen molar-refractivity contribution in [2.24, 2.45) is 0 Å². The molecule has 0 unspecified atom stereocenters. The van der Waals surface area contributed by atoms with Crippen LogP contribution in [-0.4, -0.2) is 29.7 Å². The largest absolute Gasteiger partial charge is 0.379 e. The lowest BCUT2D eigenvalue weighted by atomic mass is 9.81. The zero-order valence-electron chi connectivity index (χ0n) is 11.0. The number of anilines is 3. The standard InChI is InChI=1S/C14H12BrClN4O/c15-8-1-2-9-11(3-8)20(5-14(9)6-21-7-14)12-10(16)4-18-13(17)19-12/h1-4H,5-7H2,(H2,17,18,19). The summed E-state index contributed by atoms with van der Waals surface area (Å²) in [4.78, 5) is 10.3. The van der Waals surface area contributed by atoms with Crippen LogP contribution in [0, 0.1) is 0 Å². The molecule has 3 heterocycles. The monoisotopic (exact) mass is 366 g/mol. The van der Waals surface area contributed by atoms with Gasteiger partial charge >= 0.3 is 0 Å². The Morgan fingerprint density at radius 2 is 2.19 bits per heavy atom. The minimum Gasteiger partial charge on any atom is -0.379 e. The Morgan fingerprint density at radius 1 is 1.38 bits per heavy atom. The predicted molar refractivity (Wildman–Crippen MR) is 85.1 cm³/mol. The lowest BCUT2D eigenvalue weighted by Gasteiger charge is -2.38. The first-order valence-electron chi connectivity index (χ1n) is 6.52. The SMILES string of the molecule is Nc1ncc(Cl)c(N2CC3(COC3)c3ccc(Br)cc32)n1. The summed E-state index contributed by atoms with van der Waals surface area (Å²) in [6.07, 6.45) is 1.54. The molecule has 5 nitrogen and oxygen atoms in total. The molecule has 21 heavy (non-hydrogen) atoms. The third-order valence-corrected chi connectivity index (χ3v) is 4.80. The summed E-state index contributed by atoms with van der Waals surface area (Å²) in [5, 5.41) is 0.493. The molecular formula is C14H12BrClN4O. The molecule has 1 aromatic carbocycles. The van der Waals surface area contributed by atoms with E-state index in [1.807, 2.05) is 0 Å². The van der Waals surface area contributed by atoms with Crippen LogP contribution in [0.3, 0.4) is 0 Å². The fourth-order valence-corrected chi connectivity index (χ4v) is 3.54. The minimum absolute atomic E-state index is 0.0269. The highest BCUT2D eigenvalue weighted by molar-refractivity contribution is 9.10. The molecule has 2 N–H and O–H groups in total. The number of aromatic nitrogens is 2. The van der Waals surface area contributed by atoms with Gasteiger partial charge in [0.2, 0.25) is 5.95 Å². The summed E-state index contributed by atoms with van der Waals surface area (Å²) < 4.78 is 6.47. The second kappa shape index (κ2) is 4.56. The zero-order valence-corrected chi connectivity index (χ0v) is 13.4. The molecule has 0 radical (unpaired) electrons. The highest BCUT2D eigenvalue weighted by Gasteiger charge is 2.49. The summed E-state index contributed by atoms with van der Waals surface area (Å²) in [5.74, 6) is 0.865. The van der Waals surface area contributed by atoms with E-state index in [-0.39, 0.29) is 11.4 Å². The van der Waals surface area contributed by atoms with Gasteiger partial charge in [0, 0.05) is 16.7 Å². The summed E-state index contributed by atoms with van der Waals surface area (Å²) in [6.45, 7) is 2.22. The van der Waals surface area contributed by atoms with E-state index in [1.54, 1.807) is 6.20 Å². The fraction of sp³-hybridized carbons (Fsp3) is 0.286. The van der Waals surface area contributed by atoms with E-state index in [1.165, 1.54) is 5.56 Å². The van der Waals surface area contributed by atoms with Gasteiger partial charge in [0.15, 0.2) is 5.82 Å². The van der Waals surface area contributed by atoms with Crippen LogP contribution in [0.2, 0.25) is 5.02 Å². The van der Waals surface area contributed by atoms with Crippen LogP contribution in [0.15, 0.2) is 28.9 Å². The fourth-order valence-electron chi connectivity index (χ4n) is 2.99. The molecule has 1 fully saturated rings. The predicted octanol–water partition coefficient (Wildman–Crippen LogP) is 2.89. The van der Waals surface area contributed by atoms with E-state index >= 15 is 0 Å². The van der Waals surface area contributed by atoms with E-state index in [0.717, 1.165) is 29.9 Å². The number of rotatable bonds is 1. The molecule has 0 aliphatic carbocycles. The van der Waals surface area contributed by atoms with Crippen molar-refractivity contribution in [3.8, 4) is 0 Å². The molecule has 2 aliphatic heterocycles. The normalized spacial score (nSPS) is 18.7. The number of nitrogens with two attached hydrogens (primary N) is 1. The van der Waals surface area contributed by atoms with Crippen LogP contribution in [0.5, 0.6) is 0 Å². The molecule has 7 heteroatoms. The number of nitrogens with zero attached hydrogens (tertiary/aromatic N) is 3. The number of ether oxygens (including phenoxy) is 1. The van der Waals surface area contributed by atoms with Crippen molar-refractivity contribution in [1.29, 1.82) is 0 Å². The van der Waals surface area contributed by atoms with E-state index < -0.39 is 0 Å². The van der Waals surface area contributed by atoms with Crippen molar-refractivity contribution >= 4 is 45.0 Å². The van der Waals surface area contributed by atoms with Crippen molar-refractivity contribution in [1.82, 2.24) is 9.97 Å². The lowest BCUT2D eigenvalue weighted by Crippen LogP contribution is -2.49. The quantitative estimate of drug-likeness (QED) is 0.839. The van der Waals surface area contributed by atoms with Gasteiger partial charge in [-0.15, -0.1) is 0 Å². The van der Waals surface area contributed by atoms with Gasteiger partial charge in [-0.2, -0.15) is 4.98 Å². The molecule has 1 spiro atoms.